The fourth-order valence-electron chi connectivity index (χ4n) is 3.72. The van der Waals surface area contributed by atoms with E-state index < -0.39 is 0 Å². The number of benzene rings is 1. The van der Waals surface area contributed by atoms with E-state index in [1.54, 1.807) is 12.1 Å². The maximum Gasteiger partial charge on any atom is 0.223 e. The largest absolute Gasteiger partial charge is 0.331 e. The number of carbonyl (C=O) groups is 1. The lowest BCUT2D eigenvalue weighted by atomic mass is 9.84. The molecule has 1 aromatic rings. The van der Waals surface area contributed by atoms with Gasteiger partial charge in [-0.05, 0) is 50.4 Å². The van der Waals surface area contributed by atoms with Crippen molar-refractivity contribution in [2.45, 2.75) is 57.2 Å². The predicted octanol–water partition coefficient (Wildman–Crippen LogP) is 2.85. The molecular weight excluding hydrogens is 267 g/mol. The third-order valence-electron chi connectivity index (χ3n) is 5.08. The van der Waals surface area contributed by atoms with E-state index in [0.717, 1.165) is 37.8 Å². The molecule has 1 amide bonds. The molecule has 114 valence electrons. The number of nitrogens with one attached hydrogen (secondary N) is 1. The van der Waals surface area contributed by atoms with Crippen LogP contribution in [0.2, 0.25) is 0 Å². The molecule has 0 saturated carbocycles. The van der Waals surface area contributed by atoms with Gasteiger partial charge in [0.25, 0.3) is 0 Å². The van der Waals surface area contributed by atoms with Crippen LogP contribution < -0.4 is 5.32 Å². The van der Waals surface area contributed by atoms with Crippen molar-refractivity contribution in [3.8, 4) is 0 Å². The predicted molar refractivity (Wildman–Crippen MR) is 80.2 cm³/mol. The van der Waals surface area contributed by atoms with Crippen LogP contribution in [-0.4, -0.2) is 28.9 Å². The minimum absolute atomic E-state index is 0.119. The van der Waals surface area contributed by atoms with Gasteiger partial charge in [0.1, 0.15) is 5.82 Å². The molecule has 0 aliphatic carbocycles. The number of amides is 1. The molecule has 0 radical (unpaired) electrons. The summed E-state index contributed by atoms with van der Waals surface area (Å²) in [6, 6.07) is 6.87. The first kappa shape index (κ1) is 14.5. The van der Waals surface area contributed by atoms with E-state index in [4.69, 9.17) is 0 Å². The summed E-state index contributed by atoms with van der Waals surface area (Å²) in [5.74, 6) is -0.000380. The maximum atomic E-state index is 13.1. The van der Waals surface area contributed by atoms with Crippen molar-refractivity contribution < 1.29 is 9.18 Å². The second kappa shape index (κ2) is 5.76. The topological polar surface area (TPSA) is 32.3 Å². The Morgan fingerprint density at radius 1 is 1.33 bits per heavy atom. The standard InChI is InChI=1S/C17H23FN2O/c1-17-10-11-19-15(17)4-2-3-5-16(21)20(17)12-13-6-8-14(18)9-7-13/h6-9,15,19H,2-5,10-12H2,1H3/t15?,17-/m0/s1. The first-order valence-corrected chi connectivity index (χ1v) is 7.88. The lowest BCUT2D eigenvalue weighted by Gasteiger charge is -2.44. The second-order valence-corrected chi connectivity index (χ2v) is 6.47. The molecule has 0 aromatic heterocycles. The van der Waals surface area contributed by atoms with E-state index in [-0.39, 0.29) is 17.3 Å². The summed E-state index contributed by atoms with van der Waals surface area (Å²) in [5.41, 5.74) is 0.878. The van der Waals surface area contributed by atoms with Gasteiger partial charge in [0.2, 0.25) is 5.91 Å². The van der Waals surface area contributed by atoms with Crippen LogP contribution in [0.1, 0.15) is 44.6 Å². The number of halogens is 1. The highest BCUT2D eigenvalue weighted by Crippen LogP contribution is 2.35. The van der Waals surface area contributed by atoms with Crippen molar-refractivity contribution in [2.75, 3.05) is 6.54 Å². The number of hydrogen-bond acceptors (Lipinski definition) is 2. The molecule has 3 rings (SSSR count). The van der Waals surface area contributed by atoms with E-state index in [9.17, 15) is 9.18 Å². The molecular formula is C17H23FN2O. The minimum atomic E-state index is -0.232. The Bertz CT molecular complexity index is 516. The smallest absolute Gasteiger partial charge is 0.223 e. The molecule has 1 unspecified atom stereocenters. The van der Waals surface area contributed by atoms with Gasteiger partial charge < -0.3 is 10.2 Å². The van der Waals surface area contributed by atoms with Gasteiger partial charge in [-0.25, -0.2) is 4.39 Å². The number of carbonyl (C=O) groups excluding carboxylic acids is 1. The zero-order chi connectivity index (χ0) is 14.9. The van der Waals surface area contributed by atoms with Crippen LogP contribution >= 0.6 is 0 Å². The monoisotopic (exact) mass is 290 g/mol. The van der Waals surface area contributed by atoms with E-state index in [2.05, 4.69) is 12.2 Å². The van der Waals surface area contributed by atoms with Gasteiger partial charge in [0.15, 0.2) is 0 Å². The van der Waals surface area contributed by atoms with Gasteiger partial charge in [-0.1, -0.05) is 18.6 Å². The molecule has 2 heterocycles. The molecule has 2 aliphatic heterocycles. The molecule has 0 spiro atoms. The summed E-state index contributed by atoms with van der Waals surface area (Å²) in [7, 11) is 0. The molecule has 21 heavy (non-hydrogen) atoms. The van der Waals surface area contributed by atoms with Crippen LogP contribution in [-0.2, 0) is 11.3 Å². The molecule has 0 bridgehead atoms. The number of likely N-dealkylation sites (tertiary alicyclic amines) is 1. The summed E-state index contributed by atoms with van der Waals surface area (Å²) >= 11 is 0. The van der Waals surface area contributed by atoms with Crippen molar-refractivity contribution in [1.82, 2.24) is 10.2 Å². The first-order chi connectivity index (χ1) is 10.1. The normalized spacial score (nSPS) is 29.9. The Morgan fingerprint density at radius 3 is 2.86 bits per heavy atom. The van der Waals surface area contributed by atoms with Crippen LogP contribution in [0.25, 0.3) is 0 Å². The Kier molecular flexibility index (Phi) is 3.98. The minimum Gasteiger partial charge on any atom is -0.331 e. The third-order valence-corrected chi connectivity index (χ3v) is 5.08. The lowest BCUT2D eigenvalue weighted by molar-refractivity contribution is -0.139. The van der Waals surface area contributed by atoms with Gasteiger partial charge in [-0.2, -0.15) is 0 Å². The summed E-state index contributed by atoms with van der Waals surface area (Å²) in [5, 5.41) is 3.56. The van der Waals surface area contributed by atoms with Crippen molar-refractivity contribution in [2.24, 2.45) is 0 Å². The van der Waals surface area contributed by atoms with Crippen LogP contribution in [0.3, 0.4) is 0 Å². The van der Waals surface area contributed by atoms with Crippen molar-refractivity contribution in [1.29, 1.82) is 0 Å². The Labute approximate surface area is 125 Å². The fourth-order valence-corrected chi connectivity index (χ4v) is 3.72. The van der Waals surface area contributed by atoms with Crippen LogP contribution in [0, 0.1) is 5.82 Å². The number of fused-ring (bicyclic) bond motifs is 1. The molecule has 2 aliphatic rings. The van der Waals surface area contributed by atoms with Gasteiger partial charge >= 0.3 is 0 Å². The third kappa shape index (κ3) is 2.82. The molecule has 4 heteroatoms. The van der Waals surface area contributed by atoms with Gasteiger partial charge in [-0.3, -0.25) is 4.79 Å². The summed E-state index contributed by atoms with van der Waals surface area (Å²) < 4.78 is 13.1. The van der Waals surface area contributed by atoms with Crippen molar-refractivity contribution >= 4 is 5.91 Å². The average Bonchev–Trinajstić information content (AvgIpc) is 2.83. The highest BCUT2D eigenvalue weighted by atomic mass is 19.1. The van der Waals surface area contributed by atoms with Gasteiger partial charge in [0.05, 0.1) is 5.54 Å². The molecule has 1 aromatic carbocycles. The van der Waals surface area contributed by atoms with Crippen LogP contribution in [0.4, 0.5) is 4.39 Å². The fraction of sp³-hybridized carbons (Fsp3) is 0.588. The second-order valence-electron chi connectivity index (χ2n) is 6.47. The SMILES string of the molecule is C[C@]12CCNC1CCCCC(=O)N2Cc1ccc(F)cc1. The Morgan fingerprint density at radius 2 is 2.10 bits per heavy atom. The number of rotatable bonds is 2. The van der Waals surface area contributed by atoms with E-state index in [1.807, 2.05) is 4.90 Å². The Hall–Kier alpha value is -1.42. The van der Waals surface area contributed by atoms with Crippen molar-refractivity contribution in [3.63, 3.8) is 0 Å². The molecule has 2 fully saturated rings. The first-order valence-electron chi connectivity index (χ1n) is 7.88. The van der Waals surface area contributed by atoms with Crippen LogP contribution in [0.5, 0.6) is 0 Å². The van der Waals surface area contributed by atoms with E-state index in [0.29, 0.717) is 19.0 Å². The number of hydrogen-bond donors (Lipinski definition) is 1. The zero-order valence-electron chi connectivity index (χ0n) is 12.6. The van der Waals surface area contributed by atoms with Crippen molar-refractivity contribution in [3.05, 3.63) is 35.6 Å². The zero-order valence-corrected chi connectivity index (χ0v) is 12.6. The summed E-state index contributed by atoms with van der Waals surface area (Å²) in [6.07, 6.45) is 4.83. The molecule has 2 saturated heterocycles. The van der Waals surface area contributed by atoms with Crippen LogP contribution in [0.15, 0.2) is 24.3 Å². The highest BCUT2D eigenvalue weighted by Gasteiger charge is 2.45. The average molecular weight is 290 g/mol. The van der Waals surface area contributed by atoms with E-state index >= 15 is 0 Å². The summed E-state index contributed by atoms with van der Waals surface area (Å²) in [6.45, 7) is 3.74. The van der Waals surface area contributed by atoms with Gasteiger partial charge in [0, 0.05) is 19.0 Å². The molecule has 1 N–H and O–H groups in total. The number of nitrogens with zero attached hydrogens (tertiary/aromatic N) is 1. The summed E-state index contributed by atoms with van der Waals surface area (Å²) in [4.78, 5) is 14.6. The lowest BCUT2D eigenvalue weighted by Crippen LogP contribution is -2.56. The molecule has 2 atom stereocenters. The van der Waals surface area contributed by atoms with Gasteiger partial charge in [-0.15, -0.1) is 0 Å². The quantitative estimate of drug-likeness (QED) is 0.908. The highest BCUT2D eigenvalue weighted by molar-refractivity contribution is 5.77. The van der Waals surface area contributed by atoms with E-state index in [1.165, 1.54) is 12.1 Å². The Balaban J connectivity index is 1.87. The maximum absolute atomic E-state index is 13.1. The molecule has 3 nitrogen and oxygen atoms in total.